The molecular weight excluding hydrogens is 394 g/mol. The molecule has 1 atom stereocenters. The van der Waals surface area contributed by atoms with E-state index in [0.29, 0.717) is 22.9 Å². The molecule has 1 unspecified atom stereocenters. The molecule has 0 amide bonds. The number of benzene rings is 3. The summed E-state index contributed by atoms with van der Waals surface area (Å²) in [6, 6.07) is 18.5. The largest absolute Gasteiger partial charge is 0.493 e. The van der Waals surface area contributed by atoms with Gasteiger partial charge in [0.05, 0.1) is 24.5 Å². The van der Waals surface area contributed by atoms with Crippen molar-refractivity contribution in [1.29, 1.82) is 0 Å². The fraction of sp³-hybridized carbons (Fsp3) is 0.238. The van der Waals surface area contributed by atoms with Gasteiger partial charge in [-0.1, -0.05) is 42.5 Å². The highest BCUT2D eigenvalue weighted by atomic mass is 32.2. The van der Waals surface area contributed by atoms with Crippen LogP contribution in [-0.2, 0) is 10.0 Å². The van der Waals surface area contributed by atoms with Crippen molar-refractivity contribution < 1.29 is 17.9 Å². The van der Waals surface area contributed by atoms with E-state index < -0.39 is 10.0 Å². The van der Waals surface area contributed by atoms with Crippen molar-refractivity contribution in [3.05, 3.63) is 66.2 Å². The summed E-state index contributed by atoms with van der Waals surface area (Å²) in [5, 5.41) is 1.36. The molecule has 1 saturated heterocycles. The molecule has 1 aliphatic heterocycles. The number of nitrogens with zero attached hydrogens (tertiary/aromatic N) is 1. The van der Waals surface area contributed by atoms with Crippen LogP contribution in [0.4, 0.5) is 0 Å². The lowest BCUT2D eigenvalue weighted by atomic mass is 10.1. The van der Waals surface area contributed by atoms with Crippen molar-refractivity contribution in [3.8, 4) is 11.5 Å². The molecule has 3 aromatic rings. The minimum Gasteiger partial charge on any atom is -0.493 e. The SMILES string of the molecule is COc1ccc(C2SCCN2S(=O)(=O)c2cccc3ccccc23)cc1OC. The van der Waals surface area contributed by atoms with Crippen molar-refractivity contribution in [2.75, 3.05) is 26.5 Å². The lowest BCUT2D eigenvalue weighted by Crippen LogP contribution is -2.30. The standard InChI is InChI=1S/C21H21NO4S2/c1-25-18-11-10-16(14-19(18)26-2)21-22(12-13-27-21)28(23,24)20-9-5-7-15-6-3-4-8-17(15)20/h3-11,14,21H,12-13H2,1-2H3. The molecule has 0 spiro atoms. The zero-order valence-electron chi connectivity index (χ0n) is 15.7. The number of rotatable bonds is 5. The summed E-state index contributed by atoms with van der Waals surface area (Å²) in [6.07, 6.45) is 0. The van der Waals surface area contributed by atoms with Crippen LogP contribution >= 0.6 is 11.8 Å². The van der Waals surface area contributed by atoms with Crippen LogP contribution in [0.1, 0.15) is 10.9 Å². The first-order chi connectivity index (χ1) is 13.6. The summed E-state index contributed by atoms with van der Waals surface area (Å²) in [5.41, 5.74) is 0.879. The van der Waals surface area contributed by atoms with Gasteiger partial charge in [0.2, 0.25) is 10.0 Å². The highest BCUT2D eigenvalue weighted by Crippen LogP contribution is 2.44. The Labute approximate surface area is 169 Å². The summed E-state index contributed by atoms with van der Waals surface area (Å²) >= 11 is 1.61. The predicted octanol–water partition coefficient (Wildman–Crippen LogP) is 4.29. The summed E-state index contributed by atoms with van der Waals surface area (Å²) < 4.78 is 39.4. The molecule has 1 fully saturated rings. The van der Waals surface area contributed by atoms with Gasteiger partial charge >= 0.3 is 0 Å². The number of hydrogen-bond donors (Lipinski definition) is 0. The molecule has 0 saturated carbocycles. The Morgan fingerprint density at radius 1 is 0.964 bits per heavy atom. The second-order valence-electron chi connectivity index (χ2n) is 6.43. The molecule has 0 radical (unpaired) electrons. The van der Waals surface area contributed by atoms with Gasteiger partial charge in [0.1, 0.15) is 0 Å². The zero-order valence-corrected chi connectivity index (χ0v) is 17.3. The van der Waals surface area contributed by atoms with Gasteiger partial charge in [-0.25, -0.2) is 8.42 Å². The van der Waals surface area contributed by atoms with Crippen LogP contribution in [0, 0.1) is 0 Å². The average Bonchev–Trinajstić information content (AvgIpc) is 3.23. The molecule has 1 heterocycles. The van der Waals surface area contributed by atoms with Crippen molar-refractivity contribution in [2.24, 2.45) is 0 Å². The number of sulfonamides is 1. The first-order valence-electron chi connectivity index (χ1n) is 8.89. The smallest absolute Gasteiger partial charge is 0.245 e. The second-order valence-corrected chi connectivity index (χ2v) is 9.48. The quantitative estimate of drug-likeness (QED) is 0.622. The van der Waals surface area contributed by atoms with Gasteiger partial charge in [-0.2, -0.15) is 4.31 Å². The van der Waals surface area contributed by atoms with Crippen molar-refractivity contribution in [3.63, 3.8) is 0 Å². The third-order valence-electron chi connectivity index (χ3n) is 4.88. The molecule has 4 rings (SSSR count). The number of thioether (sulfide) groups is 1. The molecule has 3 aromatic carbocycles. The van der Waals surface area contributed by atoms with Crippen LogP contribution in [0.2, 0.25) is 0 Å². The van der Waals surface area contributed by atoms with Crippen LogP contribution < -0.4 is 9.47 Å². The second kappa shape index (κ2) is 7.66. The highest BCUT2D eigenvalue weighted by Gasteiger charge is 2.37. The number of methoxy groups -OCH3 is 2. The van der Waals surface area contributed by atoms with Crippen LogP contribution in [0.3, 0.4) is 0 Å². The summed E-state index contributed by atoms with van der Waals surface area (Å²) in [4.78, 5) is 0.346. The van der Waals surface area contributed by atoms with Crippen molar-refractivity contribution in [2.45, 2.75) is 10.3 Å². The maximum atomic E-state index is 13.6. The van der Waals surface area contributed by atoms with E-state index in [1.165, 1.54) is 0 Å². The summed E-state index contributed by atoms with van der Waals surface area (Å²) in [5.74, 6) is 1.95. The van der Waals surface area contributed by atoms with E-state index >= 15 is 0 Å². The lowest BCUT2D eigenvalue weighted by Gasteiger charge is -2.25. The number of ether oxygens (including phenoxy) is 2. The molecule has 0 N–H and O–H groups in total. The van der Waals surface area contributed by atoms with E-state index in [0.717, 1.165) is 22.1 Å². The molecule has 0 bridgehead atoms. The molecule has 146 valence electrons. The number of fused-ring (bicyclic) bond motifs is 1. The molecule has 7 heteroatoms. The Kier molecular flexibility index (Phi) is 5.23. The zero-order chi connectivity index (χ0) is 19.7. The Bertz CT molecular complexity index is 1110. The van der Waals surface area contributed by atoms with Crippen molar-refractivity contribution in [1.82, 2.24) is 4.31 Å². The van der Waals surface area contributed by atoms with Gasteiger partial charge in [0.25, 0.3) is 0 Å². The highest BCUT2D eigenvalue weighted by molar-refractivity contribution is 8.01. The Morgan fingerprint density at radius 2 is 1.71 bits per heavy atom. The van der Waals surface area contributed by atoms with E-state index in [1.54, 1.807) is 42.4 Å². The molecule has 1 aliphatic rings. The van der Waals surface area contributed by atoms with Gasteiger partial charge in [-0.3, -0.25) is 0 Å². The minimum absolute atomic E-state index is 0.302. The van der Waals surface area contributed by atoms with Gasteiger partial charge in [0, 0.05) is 17.7 Å². The summed E-state index contributed by atoms with van der Waals surface area (Å²) in [6.45, 7) is 0.467. The first kappa shape index (κ1) is 19.1. The first-order valence-corrected chi connectivity index (χ1v) is 11.4. The van der Waals surface area contributed by atoms with Crippen molar-refractivity contribution >= 4 is 32.6 Å². The topological polar surface area (TPSA) is 55.8 Å². The normalized spacial score (nSPS) is 17.7. The third-order valence-corrected chi connectivity index (χ3v) is 8.19. The van der Waals surface area contributed by atoms with E-state index in [1.807, 2.05) is 48.5 Å². The molecule has 5 nitrogen and oxygen atoms in total. The Balaban J connectivity index is 1.77. The van der Waals surface area contributed by atoms with E-state index in [2.05, 4.69) is 0 Å². The van der Waals surface area contributed by atoms with Crippen LogP contribution in [-0.4, -0.2) is 39.2 Å². The molecule has 0 aromatic heterocycles. The van der Waals surface area contributed by atoms with E-state index in [-0.39, 0.29) is 5.37 Å². The van der Waals surface area contributed by atoms with Gasteiger partial charge < -0.3 is 9.47 Å². The summed E-state index contributed by atoms with van der Waals surface area (Å²) in [7, 11) is -0.498. The third kappa shape index (κ3) is 3.23. The maximum absolute atomic E-state index is 13.6. The van der Waals surface area contributed by atoms with E-state index in [9.17, 15) is 8.42 Å². The van der Waals surface area contributed by atoms with Crippen LogP contribution in [0.15, 0.2) is 65.6 Å². The molecular formula is C21H21NO4S2. The fourth-order valence-electron chi connectivity index (χ4n) is 3.52. The van der Waals surface area contributed by atoms with E-state index in [4.69, 9.17) is 9.47 Å². The van der Waals surface area contributed by atoms with Gasteiger partial charge in [-0.15, -0.1) is 11.8 Å². The lowest BCUT2D eigenvalue weighted by molar-refractivity contribution is 0.353. The molecule has 0 aliphatic carbocycles. The Morgan fingerprint density at radius 3 is 2.50 bits per heavy atom. The average molecular weight is 416 g/mol. The van der Waals surface area contributed by atoms with Gasteiger partial charge in [-0.05, 0) is 29.1 Å². The minimum atomic E-state index is -3.66. The predicted molar refractivity (Wildman–Crippen MR) is 113 cm³/mol. The number of hydrogen-bond acceptors (Lipinski definition) is 5. The maximum Gasteiger partial charge on any atom is 0.245 e. The monoisotopic (exact) mass is 415 g/mol. The Hall–Kier alpha value is -2.22. The fourth-order valence-corrected chi connectivity index (χ4v) is 6.96. The van der Waals surface area contributed by atoms with Gasteiger partial charge in [0.15, 0.2) is 11.5 Å². The van der Waals surface area contributed by atoms with Crippen LogP contribution in [0.5, 0.6) is 11.5 Å². The van der Waals surface area contributed by atoms with Crippen LogP contribution in [0.25, 0.3) is 10.8 Å². The molecule has 28 heavy (non-hydrogen) atoms.